The Hall–Kier alpha value is -2.24. The predicted molar refractivity (Wildman–Crippen MR) is 102 cm³/mol. The smallest absolute Gasteiger partial charge is 0.253 e. The number of hydrogen-bond donors (Lipinski definition) is 0. The molecule has 0 bridgehead atoms. The minimum atomic E-state index is 0.0638. The Balaban J connectivity index is 1.42. The first kappa shape index (κ1) is 18.5. The van der Waals surface area contributed by atoms with Crippen LogP contribution in [0.15, 0.2) is 48.5 Å². The van der Waals surface area contributed by atoms with E-state index in [9.17, 15) is 4.79 Å². The Morgan fingerprint density at radius 2 is 1.73 bits per heavy atom. The number of methoxy groups -OCH3 is 1. The molecule has 3 rings (SSSR count). The maximum Gasteiger partial charge on any atom is 0.253 e. The van der Waals surface area contributed by atoms with Gasteiger partial charge in [0, 0.05) is 49.4 Å². The van der Waals surface area contributed by atoms with Crippen molar-refractivity contribution in [2.75, 3.05) is 46.4 Å². The Kier molecular flexibility index (Phi) is 6.36. The summed E-state index contributed by atoms with van der Waals surface area (Å²) in [6.07, 6.45) is 0. The molecule has 0 unspecified atom stereocenters. The molecule has 5 nitrogen and oxygen atoms in total. The number of ether oxygens (including phenoxy) is 2. The molecule has 0 aliphatic carbocycles. The average Bonchev–Trinajstić information content (AvgIpc) is 2.69. The molecule has 1 amide bonds. The van der Waals surface area contributed by atoms with Gasteiger partial charge in [-0.25, -0.2) is 0 Å². The highest BCUT2D eigenvalue weighted by atomic mass is 35.5. The van der Waals surface area contributed by atoms with E-state index in [1.807, 2.05) is 29.2 Å². The minimum absolute atomic E-state index is 0.0638. The number of carbonyl (C=O) groups excluding carboxylic acids is 1. The number of hydrogen-bond acceptors (Lipinski definition) is 4. The molecule has 1 saturated heterocycles. The second-order valence-corrected chi connectivity index (χ2v) is 6.60. The quantitative estimate of drug-likeness (QED) is 0.778. The van der Waals surface area contributed by atoms with E-state index >= 15 is 0 Å². The fraction of sp³-hybridized carbons (Fsp3) is 0.350. The molecule has 1 fully saturated rings. The number of rotatable bonds is 6. The molecule has 0 aromatic heterocycles. The van der Waals surface area contributed by atoms with Crippen molar-refractivity contribution in [1.82, 2.24) is 9.80 Å². The van der Waals surface area contributed by atoms with Crippen molar-refractivity contribution in [3.8, 4) is 11.5 Å². The monoisotopic (exact) mass is 374 g/mol. The highest BCUT2D eigenvalue weighted by molar-refractivity contribution is 6.30. The van der Waals surface area contributed by atoms with Crippen molar-refractivity contribution >= 4 is 17.5 Å². The molecule has 0 radical (unpaired) electrons. The molecule has 0 spiro atoms. The van der Waals surface area contributed by atoms with Crippen LogP contribution in [-0.2, 0) is 0 Å². The van der Waals surface area contributed by atoms with Gasteiger partial charge in [-0.3, -0.25) is 9.69 Å². The first-order valence-corrected chi connectivity index (χ1v) is 9.07. The number of amides is 1. The largest absolute Gasteiger partial charge is 0.497 e. The summed E-state index contributed by atoms with van der Waals surface area (Å²) >= 11 is 5.88. The summed E-state index contributed by atoms with van der Waals surface area (Å²) in [5.74, 6) is 1.66. The van der Waals surface area contributed by atoms with Crippen molar-refractivity contribution in [3.05, 3.63) is 59.1 Å². The van der Waals surface area contributed by atoms with Gasteiger partial charge < -0.3 is 14.4 Å². The predicted octanol–water partition coefficient (Wildman–Crippen LogP) is 3.19. The maximum atomic E-state index is 12.5. The van der Waals surface area contributed by atoms with Crippen LogP contribution in [0.5, 0.6) is 11.5 Å². The minimum Gasteiger partial charge on any atom is -0.497 e. The molecule has 6 heteroatoms. The van der Waals surface area contributed by atoms with Gasteiger partial charge in [0.15, 0.2) is 0 Å². The third-order valence-corrected chi connectivity index (χ3v) is 4.72. The van der Waals surface area contributed by atoms with E-state index in [2.05, 4.69) is 4.90 Å². The highest BCUT2D eigenvalue weighted by Crippen LogP contribution is 2.19. The van der Waals surface area contributed by atoms with Crippen LogP contribution in [0.3, 0.4) is 0 Å². The molecule has 26 heavy (non-hydrogen) atoms. The number of piperazine rings is 1. The van der Waals surface area contributed by atoms with Crippen LogP contribution in [-0.4, -0.2) is 62.1 Å². The molecule has 0 saturated carbocycles. The van der Waals surface area contributed by atoms with Crippen molar-refractivity contribution < 1.29 is 14.3 Å². The molecule has 0 atom stereocenters. The second-order valence-electron chi connectivity index (χ2n) is 6.17. The van der Waals surface area contributed by atoms with Crippen LogP contribution in [0.2, 0.25) is 5.02 Å². The van der Waals surface area contributed by atoms with Crippen LogP contribution < -0.4 is 9.47 Å². The van der Waals surface area contributed by atoms with Crippen molar-refractivity contribution in [1.29, 1.82) is 0 Å². The van der Waals surface area contributed by atoms with Gasteiger partial charge in [0.2, 0.25) is 0 Å². The molecule has 2 aromatic carbocycles. The zero-order chi connectivity index (χ0) is 18.4. The molecule has 1 aliphatic heterocycles. The Morgan fingerprint density at radius 1 is 1.04 bits per heavy atom. The lowest BCUT2D eigenvalue weighted by molar-refractivity contribution is 0.0620. The van der Waals surface area contributed by atoms with E-state index in [1.54, 1.807) is 31.4 Å². The Bertz CT molecular complexity index is 728. The van der Waals surface area contributed by atoms with E-state index in [-0.39, 0.29) is 5.91 Å². The van der Waals surface area contributed by atoms with Gasteiger partial charge in [0.05, 0.1) is 7.11 Å². The third-order valence-electron chi connectivity index (χ3n) is 4.47. The Morgan fingerprint density at radius 3 is 2.42 bits per heavy atom. The summed E-state index contributed by atoms with van der Waals surface area (Å²) in [6, 6.07) is 14.7. The highest BCUT2D eigenvalue weighted by Gasteiger charge is 2.21. The van der Waals surface area contributed by atoms with Crippen LogP contribution in [0.1, 0.15) is 10.4 Å². The summed E-state index contributed by atoms with van der Waals surface area (Å²) in [5.41, 5.74) is 0.684. The first-order chi connectivity index (χ1) is 12.7. The molecule has 138 valence electrons. The van der Waals surface area contributed by atoms with Gasteiger partial charge in [-0.2, -0.15) is 0 Å². The number of carbonyl (C=O) groups is 1. The van der Waals surface area contributed by atoms with Crippen molar-refractivity contribution in [2.45, 2.75) is 0 Å². The normalized spacial score (nSPS) is 14.9. The average molecular weight is 375 g/mol. The van der Waals surface area contributed by atoms with Gasteiger partial charge in [-0.1, -0.05) is 17.7 Å². The fourth-order valence-electron chi connectivity index (χ4n) is 2.93. The van der Waals surface area contributed by atoms with Crippen LogP contribution in [0.4, 0.5) is 0 Å². The van der Waals surface area contributed by atoms with Crippen molar-refractivity contribution in [3.63, 3.8) is 0 Å². The molecular weight excluding hydrogens is 352 g/mol. The van der Waals surface area contributed by atoms with E-state index in [1.165, 1.54) is 0 Å². The van der Waals surface area contributed by atoms with Gasteiger partial charge in [0.25, 0.3) is 5.91 Å². The lowest BCUT2D eigenvalue weighted by Crippen LogP contribution is -2.49. The second kappa shape index (κ2) is 8.92. The summed E-state index contributed by atoms with van der Waals surface area (Å²) in [6.45, 7) is 4.58. The molecule has 2 aromatic rings. The van der Waals surface area contributed by atoms with E-state index in [0.29, 0.717) is 17.2 Å². The maximum absolute atomic E-state index is 12.5. The van der Waals surface area contributed by atoms with Crippen molar-refractivity contribution in [2.24, 2.45) is 0 Å². The summed E-state index contributed by atoms with van der Waals surface area (Å²) in [7, 11) is 1.64. The van der Waals surface area contributed by atoms with Crippen LogP contribution >= 0.6 is 11.6 Å². The van der Waals surface area contributed by atoms with Gasteiger partial charge >= 0.3 is 0 Å². The van der Waals surface area contributed by atoms with E-state index in [4.69, 9.17) is 21.1 Å². The topological polar surface area (TPSA) is 42.0 Å². The lowest BCUT2D eigenvalue weighted by Gasteiger charge is -2.34. The summed E-state index contributed by atoms with van der Waals surface area (Å²) in [4.78, 5) is 16.7. The molecule has 1 heterocycles. The van der Waals surface area contributed by atoms with E-state index < -0.39 is 0 Å². The fourth-order valence-corrected chi connectivity index (χ4v) is 3.06. The third kappa shape index (κ3) is 4.90. The summed E-state index contributed by atoms with van der Waals surface area (Å²) < 4.78 is 11.0. The van der Waals surface area contributed by atoms with Gasteiger partial charge in [-0.05, 0) is 36.4 Å². The zero-order valence-corrected chi connectivity index (χ0v) is 15.6. The summed E-state index contributed by atoms with van der Waals surface area (Å²) in [5, 5.41) is 0.641. The van der Waals surface area contributed by atoms with Crippen LogP contribution in [0.25, 0.3) is 0 Å². The molecule has 0 N–H and O–H groups in total. The molecular formula is C20H23ClN2O3. The van der Waals surface area contributed by atoms with E-state index in [0.717, 1.165) is 44.2 Å². The zero-order valence-electron chi connectivity index (χ0n) is 14.9. The SMILES string of the molecule is COc1cccc(OCCN2CCN(C(=O)c3ccc(Cl)cc3)CC2)c1. The number of nitrogens with zero attached hydrogens (tertiary/aromatic N) is 2. The standard InChI is InChI=1S/C20H23ClN2O3/c1-25-18-3-2-4-19(15-18)26-14-13-22-9-11-23(12-10-22)20(24)16-5-7-17(21)8-6-16/h2-8,15H,9-14H2,1H3. The number of benzene rings is 2. The number of halogens is 1. The van der Waals surface area contributed by atoms with Gasteiger partial charge in [-0.15, -0.1) is 0 Å². The first-order valence-electron chi connectivity index (χ1n) is 8.70. The van der Waals surface area contributed by atoms with Crippen LogP contribution in [0, 0.1) is 0 Å². The van der Waals surface area contributed by atoms with Gasteiger partial charge in [0.1, 0.15) is 18.1 Å². The molecule has 1 aliphatic rings. The Labute approximate surface area is 159 Å². The lowest BCUT2D eigenvalue weighted by atomic mass is 10.2.